The van der Waals surface area contributed by atoms with E-state index in [0.717, 1.165) is 37.5 Å². The largest absolute Gasteiger partial charge is 0.478 e. The van der Waals surface area contributed by atoms with Gasteiger partial charge in [-0.25, -0.2) is 4.79 Å². The Bertz CT molecular complexity index is 677. The summed E-state index contributed by atoms with van der Waals surface area (Å²) in [6.45, 7) is 1.21. The molecule has 2 fully saturated rings. The quantitative estimate of drug-likeness (QED) is 0.653. The zero-order valence-corrected chi connectivity index (χ0v) is 14.6. The van der Waals surface area contributed by atoms with Crippen LogP contribution in [0.5, 0.6) is 0 Å². The van der Waals surface area contributed by atoms with Crippen molar-refractivity contribution >= 4 is 29.3 Å². The van der Waals surface area contributed by atoms with Crippen LogP contribution in [0, 0.1) is 10.1 Å². The minimum Gasteiger partial charge on any atom is -0.478 e. The summed E-state index contributed by atoms with van der Waals surface area (Å²) >= 11 is 1.92. The number of hydrogen-bond acceptors (Lipinski definition) is 5. The molecule has 8 heteroatoms. The molecule has 1 aliphatic carbocycles. The summed E-state index contributed by atoms with van der Waals surface area (Å²) in [7, 11) is 0. The number of carboxylic acid groups (broad SMARTS) is 1. The first-order chi connectivity index (χ1) is 11.9. The van der Waals surface area contributed by atoms with Gasteiger partial charge < -0.3 is 10.0 Å². The van der Waals surface area contributed by atoms with E-state index in [2.05, 4.69) is 0 Å². The SMILES string of the molecule is O=C(O)c1cc(C(=O)N2CCSC3(CCCCC3)C2)cc([N+](=O)[O-])c1. The van der Waals surface area contributed by atoms with Crippen LogP contribution in [0.3, 0.4) is 0 Å². The van der Waals surface area contributed by atoms with E-state index in [4.69, 9.17) is 5.11 Å². The van der Waals surface area contributed by atoms with Gasteiger partial charge in [-0.3, -0.25) is 14.9 Å². The van der Waals surface area contributed by atoms with Crippen molar-refractivity contribution in [3.8, 4) is 0 Å². The maximum absolute atomic E-state index is 12.9. The van der Waals surface area contributed by atoms with E-state index in [0.29, 0.717) is 13.1 Å². The molecule has 134 valence electrons. The van der Waals surface area contributed by atoms with Gasteiger partial charge in [0, 0.05) is 41.3 Å². The number of nitro benzene ring substituents is 1. The predicted molar refractivity (Wildman–Crippen MR) is 94.2 cm³/mol. The summed E-state index contributed by atoms with van der Waals surface area (Å²) in [5.74, 6) is -0.765. The zero-order chi connectivity index (χ0) is 18.0. The van der Waals surface area contributed by atoms with Gasteiger partial charge in [0.1, 0.15) is 0 Å². The topological polar surface area (TPSA) is 101 Å². The Morgan fingerprint density at radius 3 is 2.48 bits per heavy atom. The lowest BCUT2D eigenvalue weighted by molar-refractivity contribution is -0.384. The van der Waals surface area contributed by atoms with Crippen molar-refractivity contribution in [1.29, 1.82) is 0 Å². The maximum Gasteiger partial charge on any atom is 0.335 e. The molecule has 1 spiro atoms. The van der Waals surface area contributed by atoms with Gasteiger partial charge >= 0.3 is 5.97 Å². The Kier molecular flexibility index (Phi) is 4.99. The predicted octanol–water partition coefficient (Wildman–Crippen LogP) is 3.18. The molecule has 0 unspecified atom stereocenters. The smallest absolute Gasteiger partial charge is 0.335 e. The van der Waals surface area contributed by atoms with E-state index in [1.54, 1.807) is 4.90 Å². The van der Waals surface area contributed by atoms with Crippen molar-refractivity contribution in [3.63, 3.8) is 0 Å². The van der Waals surface area contributed by atoms with Crippen LogP contribution in [-0.4, -0.2) is 50.4 Å². The van der Waals surface area contributed by atoms with E-state index in [-0.39, 0.29) is 27.5 Å². The Balaban J connectivity index is 1.86. The minimum absolute atomic E-state index is 0.0736. The van der Waals surface area contributed by atoms with Crippen LogP contribution < -0.4 is 0 Å². The number of non-ortho nitro benzene ring substituents is 1. The van der Waals surface area contributed by atoms with Crippen LogP contribution >= 0.6 is 11.8 Å². The summed E-state index contributed by atoms with van der Waals surface area (Å²) in [4.78, 5) is 36.2. The Morgan fingerprint density at radius 1 is 1.16 bits per heavy atom. The average Bonchev–Trinajstić information content (AvgIpc) is 2.61. The number of aromatic carboxylic acids is 1. The molecule has 0 radical (unpaired) electrons. The Hall–Kier alpha value is -2.09. The van der Waals surface area contributed by atoms with E-state index >= 15 is 0 Å². The number of carbonyl (C=O) groups excluding carboxylic acids is 1. The number of thioether (sulfide) groups is 1. The zero-order valence-electron chi connectivity index (χ0n) is 13.8. The third-order valence-electron chi connectivity index (χ3n) is 4.92. The van der Waals surface area contributed by atoms with Gasteiger partial charge in [-0.2, -0.15) is 11.8 Å². The molecular formula is C17H20N2O5S. The highest BCUT2D eigenvalue weighted by Crippen LogP contribution is 2.43. The molecule has 0 aromatic heterocycles. The number of carbonyl (C=O) groups is 2. The highest BCUT2D eigenvalue weighted by Gasteiger charge is 2.39. The summed E-state index contributed by atoms with van der Waals surface area (Å²) in [6.07, 6.45) is 5.71. The molecule has 1 heterocycles. The fourth-order valence-electron chi connectivity index (χ4n) is 3.66. The lowest BCUT2D eigenvalue weighted by atomic mass is 9.87. The van der Waals surface area contributed by atoms with E-state index in [9.17, 15) is 19.7 Å². The van der Waals surface area contributed by atoms with E-state index < -0.39 is 10.9 Å². The number of nitrogens with zero attached hydrogens (tertiary/aromatic N) is 2. The summed E-state index contributed by atoms with van der Waals surface area (Å²) in [5.41, 5.74) is -0.539. The van der Waals surface area contributed by atoms with E-state index in [1.165, 1.54) is 18.6 Å². The van der Waals surface area contributed by atoms with Gasteiger partial charge in [0.15, 0.2) is 0 Å². The maximum atomic E-state index is 12.9. The Morgan fingerprint density at radius 2 is 1.84 bits per heavy atom. The molecule has 1 aliphatic heterocycles. The molecule has 1 aromatic carbocycles. The van der Waals surface area contributed by atoms with Crippen molar-refractivity contribution in [2.75, 3.05) is 18.8 Å². The standard InChI is InChI=1S/C17H20N2O5S/c20-15(12-8-13(16(21)22)10-14(9-12)19(23)24)18-6-7-25-17(11-18)4-2-1-3-5-17/h8-10H,1-7,11H2,(H,21,22). The van der Waals surface area contributed by atoms with Gasteiger partial charge in [0.05, 0.1) is 10.5 Å². The number of rotatable bonds is 3. The fourth-order valence-corrected chi connectivity index (χ4v) is 5.23. The molecule has 2 aliphatic rings. The molecule has 3 rings (SSSR count). The van der Waals surface area contributed by atoms with Crippen LogP contribution in [0.25, 0.3) is 0 Å². The molecular weight excluding hydrogens is 344 g/mol. The van der Waals surface area contributed by atoms with Crippen molar-refractivity contribution in [3.05, 3.63) is 39.4 Å². The second-order valence-corrected chi connectivity index (χ2v) is 8.21. The molecule has 7 nitrogen and oxygen atoms in total. The molecule has 1 saturated heterocycles. The summed E-state index contributed by atoms with van der Waals surface area (Å²) in [5, 5.41) is 20.2. The fraction of sp³-hybridized carbons (Fsp3) is 0.529. The number of carboxylic acids is 1. The molecule has 1 aromatic rings. The number of amides is 1. The lowest BCUT2D eigenvalue weighted by Gasteiger charge is -2.44. The van der Waals surface area contributed by atoms with Gasteiger partial charge in [0.2, 0.25) is 0 Å². The normalized spacial score (nSPS) is 19.6. The van der Waals surface area contributed by atoms with Gasteiger partial charge in [-0.05, 0) is 18.9 Å². The van der Waals surface area contributed by atoms with Crippen molar-refractivity contribution in [2.45, 2.75) is 36.9 Å². The molecule has 1 N–H and O–H groups in total. The summed E-state index contributed by atoms with van der Waals surface area (Å²) < 4.78 is 0.0858. The van der Waals surface area contributed by atoms with Crippen molar-refractivity contribution < 1.29 is 19.6 Å². The Labute approximate surface area is 149 Å². The monoisotopic (exact) mass is 364 g/mol. The van der Waals surface area contributed by atoms with Crippen LogP contribution in [0.2, 0.25) is 0 Å². The number of hydrogen-bond donors (Lipinski definition) is 1. The van der Waals surface area contributed by atoms with Crippen molar-refractivity contribution in [1.82, 2.24) is 4.90 Å². The van der Waals surface area contributed by atoms with Gasteiger partial charge in [-0.15, -0.1) is 0 Å². The number of benzene rings is 1. The molecule has 0 atom stereocenters. The van der Waals surface area contributed by atoms with Crippen LogP contribution in [0.1, 0.15) is 52.8 Å². The lowest BCUT2D eigenvalue weighted by Crippen LogP contribution is -2.49. The van der Waals surface area contributed by atoms with Gasteiger partial charge in [-0.1, -0.05) is 19.3 Å². The molecule has 0 bridgehead atoms. The molecule has 1 saturated carbocycles. The first-order valence-corrected chi connectivity index (χ1v) is 9.35. The van der Waals surface area contributed by atoms with Crippen LogP contribution in [-0.2, 0) is 0 Å². The minimum atomic E-state index is -1.28. The third-order valence-corrected chi connectivity index (χ3v) is 6.46. The average molecular weight is 364 g/mol. The second-order valence-electron chi connectivity index (χ2n) is 6.65. The van der Waals surface area contributed by atoms with Crippen molar-refractivity contribution in [2.24, 2.45) is 0 Å². The highest BCUT2D eigenvalue weighted by molar-refractivity contribution is 8.00. The first-order valence-electron chi connectivity index (χ1n) is 8.36. The first kappa shape index (κ1) is 17.7. The van der Waals surface area contributed by atoms with Crippen LogP contribution in [0.15, 0.2) is 18.2 Å². The second kappa shape index (κ2) is 7.03. The third kappa shape index (κ3) is 3.78. The van der Waals surface area contributed by atoms with Gasteiger partial charge in [0.25, 0.3) is 11.6 Å². The van der Waals surface area contributed by atoms with E-state index in [1.807, 2.05) is 11.8 Å². The summed E-state index contributed by atoms with van der Waals surface area (Å²) in [6, 6.07) is 3.38. The molecule has 25 heavy (non-hydrogen) atoms. The van der Waals surface area contributed by atoms with Crippen LogP contribution in [0.4, 0.5) is 5.69 Å². The number of nitro groups is 1. The highest BCUT2D eigenvalue weighted by atomic mass is 32.2. The molecule has 1 amide bonds.